The lowest BCUT2D eigenvalue weighted by molar-refractivity contribution is 0.102. The summed E-state index contributed by atoms with van der Waals surface area (Å²) >= 11 is 1.82. The predicted octanol–water partition coefficient (Wildman–Crippen LogP) is 9.39. The fourth-order valence-electron chi connectivity index (χ4n) is 4.83. The summed E-state index contributed by atoms with van der Waals surface area (Å²) in [7, 11) is 1.61. The average Bonchev–Trinajstić information content (AvgIpc) is 3.36. The van der Waals surface area contributed by atoms with E-state index in [0.29, 0.717) is 23.7 Å². The number of hydrogen-bond donors (Lipinski definition) is 1. The summed E-state index contributed by atoms with van der Waals surface area (Å²) in [6, 6.07) is 13.5. The number of amides is 1. The van der Waals surface area contributed by atoms with E-state index in [1.54, 1.807) is 13.2 Å². The molecule has 2 aromatic carbocycles. The zero-order valence-corrected chi connectivity index (χ0v) is 25.1. The molecule has 0 aromatic heterocycles. The van der Waals surface area contributed by atoms with Crippen molar-refractivity contribution < 1.29 is 14.3 Å². The Morgan fingerprint density at radius 3 is 2.13 bits per heavy atom. The number of benzene rings is 2. The number of anilines is 1. The summed E-state index contributed by atoms with van der Waals surface area (Å²) in [5.41, 5.74) is 3.77. The van der Waals surface area contributed by atoms with Crippen LogP contribution >= 0.6 is 11.8 Å². The average molecular weight is 553 g/mol. The highest BCUT2D eigenvalue weighted by molar-refractivity contribution is 8.02. The van der Waals surface area contributed by atoms with E-state index in [2.05, 4.69) is 41.6 Å². The highest BCUT2D eigenvalue weighted by Gasteiger charge is 2.18. The smallest absolute Gasteiger partial charge is 0.259 e. The third-order valence-corrected chi connectivity index (χ3v) is 8.22. The fraction of sp³-hybridized carbons (Fsp3) is 0.545. The first-order chi connectivity index (χ1) is 19.1. The molecule has 5 nitrogen and oxygen atoms in total. The van der Waals surface area contributed by atoms with E-state index in [1.165, 1.54) is 75.5 Å². The summed E-state index contributed by atoms with van der Waals surface area (Å²) in [6.45, 7) is 5.86. The van der Waals surface area contributed by atoms with Crippen LogP contribution in [0, 0.1) is 0 Å². The molecule has 0 unspecified atom stereocenters. The van der Waals surface area contributed by atoms with E-state index in [0.717, 1.165) is 31.0 Å². The highest BCUT2D eigenvalue weighted by atomic mass is 32.2. The van der Waals surface area contributed by atoms with Crippen molar-refractivity contribution >= 4 is 23.4 Å². The number of thioether (sulfide) groups is 1. The van der Waals surface area contributed by atoms with E-state index in [-0.39, 0.29) is 5.91 Å². The molecule has 0 saturated heterocycles. The number of para-hydroxylation sites is 1. The van der Waals surface area contributed by atoms with Crippen molar-refractivity contribution in [3.63, 3.8) is 0 Å². The van der Waals surface area contributed by atoms with Crippen LogP contribution in [0.2, 0.25) is 0 Å². The first kappa shape index (κ1) is 30.9. The van der Waals surface area contributed by atoms with Gasteiger partial charge in [-0.3, -0.25) is 4.79 Å². The third-order valence-electron chi connectivity index (χ3n) is 7.26. The van der Waals surface area contributed by atoms with E-state index >= 15 is 0 Å². The van der Waals surface area contributed by atoms with Crippen molar-refractivity contribution in [2.75, 3.05) is 24.9 Å². The second kappa shape index (κ2) is 17.9. The minimum absolute atomic E-state index is 0.193. The molecule has 39 heavy (non-hydrogen) atoms. The fourth-order valence-corrected chi connectivity index (χ4v) is 5.77. The summed E-state index contributed by atoms with van der Waals surface area (Å²) in [5, 5.41) is 5.22. The zero-order chi connectivity index (χ0) is 27.7. The maximum Gasteiger partial charge on any atom is 0.259 e. The van der Waals surface area contributed by atoms with E-state index in [1.807, 2.05) is 36.0 Å². The van der Waals surface area contributed by atoms with Gasteiger partial charge in [-0.25, -0.2) is 0 Å². The molecule has 1 aliphatic heterocycles. The second-order valence-corrected chi connectivity index (χ2v) is 11.3. The third kappa shape index (κ3) is 10.8. The molecule has 1 N–H and O–H groups in total. The van der Waals surface area contributed by atoms with Crippen molar-refractivity contribution in [3.05, 3.63) is 64.7 Å². The molecule has 214 valence electrons. The van der Waals surface area contributed by atoms with Gasteiger partial charge in [0, 0.05) is 17.9 Å². The highest BCUT2D eigenvalue weighted by Crippen LogP contribution is 2.32. The van der Waals surface area contributed by atoms with Crippen LogP contribution in [-0.2, 0) is 6.54 Å². The number of allylic oxidation sites excluding steroid dienone is 1. The predicted molar refractivity (Wildman–Crippen MR) is 166 cm³/mol. The van der Waals surface area contributed by atoms with Crippen LogP contribution in [-0.4, -0.2) is 30.4 Å². The van der Waals surface area contributed by atoms with Crippen LogP contribution in [0.5, 0.6) is 11.5 Å². The van der Waals surface area contributed by atoms with Crippen LogP contribution in [0.3, 0.4) is 0 Å². The lowest BCUT2D eigenvalue weighted by Gasteiger charge is -2.19. The molecule has 6 heteroatoms. The number of hydrogen-bond acceptors (Lipinski definition) is 5. The van der Waals surface area contributed by atoms with Gasteiger partial charge in [0.2, 0.25) is 0 Å². The van der Waals surface area contributed by atoms with Gasteiger partial charge in [-0.2, -0.15) is 0 Å². The van der Waals surface area contributed by atoms with Gasteiger partial charge in [0.05, 0.1) is 25.2 Å². The van der Waals surface area contributed by atoms with Crippen molar-refractivity contribution in [1.82, 2.24) is 4.90 Å². The molecule has 0 bridgehead atoms. The van der Waals surface area contributed by atoms with Gasteiger partial charge in [-0.05, 0) is 48.6 Å². The number of carbonyl (C=O) groups is 1. The molecule has 0 radical (unpaired) electrons. The lowest BCUT2D eigenvalue weighted by Crippen LogP contribution is -2.17. The summed E-state index contributed by atoms with van der Waals surface area (Å²) < 4.78 is 11.6. The molecule has 0 aliphatic carbocycles. The standard InChI is InChI=1S/C33H48N2O3S/c1-4-5-6-7-8-9-10-11-12-13-14-15-23-38-32-30(17-16-18-31(32)37-3)33(36)34-29-21-19-28(20-22-29)24-35-26-39-25-27(35)2/h16-22,25H,4-15,23-24,26H2,1-3H3,(H,34,36). The van der Waals surface area contributed by atoms with Crippen molar-refractivity contribution in [3.8, 4) is 11.5 Å². The van der Waals surface area contributed by atoms with Crippen LogP contribution in [0.15, 0.2) is 53.6 Å². The van der Waals surface area contributed by atoms with Crippen LogP contribution < -0.4 is 14.8 Å². The SMILES string of the molecule is CCCCCCCCCCCCCCOc1c(OC)cccc1C(=O)Nc1ccc(CN2CSC=C2C)cc1. The number of unbranched alkanes of at least 4 members (excludes halogenated alkanes) is 11. The van der Waals surface area contributed by atoms with Crippen molar-refractivity contribution in [2.45, 2.75) is 97.4 Å². The lowest BCUT2D eigenvalue weighted by atomic mass is 10.1. The van der Waals surface area contributed by atoms with Gasteiger partial charge in [0.1, 0.15) is 0 Å². The molecule has 0 spiro atoms. The van der Waals surface area contributed by atoms with Crippen LogP contribution in [0.4, 0.5) is 5.69 Å². The number of rotatable bonds is 19. The van der Waals surface area contributed by atoms with Crippen molar-refractivity contribution in [2.24, 2.45) is 0 Å². The normalized spacial score (nSPS) is 12.9. The number of nitrogens with zero attached hydrogens (tertiary/aromatic N) is 1. The molecule has 1 amide bonds. The van der Waals surface area contributed by atoms with Gasteiger partial charge >= 0.3 is 0 Å². The van der Waals surface area contributed by atoms with E-state index in [4.69, 9.17) is 9.47 Å². The first-order valence-corrected chi connectivity index (χ1v) is 15.9. The van der Waals surface area contributed by atoms with Crippen LogP contribution in [0.25, 0.3) is 0 Å². The summed E-state index contributed by atoms with van der Waals surface area (Å²) in [4.78, 5) is 15.5. The van der Waals surface area contributed by atoms with Gasteiger partial charge in [0.25, 0.3) is 5.91 Å². The Morgan fingerprint density at radius 1 is 0.897 bits per heavy atom. The Kier molecular flexibility index (Phi) is 14.2. The van der Waals surface area contributed by atoms with Gasteiger partial charge in [-0.15, -0.1) is 11.8 Å². The zero-order valence-electron chi connectivity index (χ0n) is 24.3. The molecule has 0 saturated carbocycles. The molecule has 3 rings (SSSR count). The number of carbonyl (C=O) groups excluding carboxylic acids is 1. The Bertz CT molecular complexity index is 1020. The van der Waals surface area contributed by atoms with Crippen molar-refractivity contribution in [1.29, 1.82) is 0 Å². The van der Waals surface area contributed by atoms with Gasteiger partial charge in [-0.1, -0.05) is 95.8 Å². The maximum atomic E-state index is 13.2. The number of nitrogens with one attached hydrogen (secondary N) is 1. The Balaban J connectivity index is 1.40. The Hall–Kier alpha value is -2.60. The molecular weight excluding hydrogens is 504 g/mol. The molecule has 1 aliphatic rings. The minimum Gasteiger partial charge on any atom is -0.493 e. The van der Waals surface area contributed by atoms with Crippen LogP contribution in [0.1, 0.15) is 107 Å². The largest absolute Gasteiger partial charge is 0.493 e. The molecule has 2 aromatic rings. The first-order valence-electron chi connectivity index (χ1n) is 14.9. The molecule has 0 fully saturated rings. The second-order valence-electron chi connectivity index (χ2n) is 10.5. The monoisotopic (exact) mass is 552 g/mol. The van der Waals surface area contributed by atoms with Gasteiger partial charge in [0.15, 0.2) is 11.5 Å². The Morgan fingerprint density at radius 2 is 1.54 bits per heavy atom. The molecule has 1 heterocycles. The quantitative estimate of drug-likeness (QED) is 0.176. The summed E-state index contributed by atoms with van der Waals surface area (Å²) in [5.74, 6) is 1.90. The van der Waals surface area contributed by atoms with E-state index in [9.17, 15) is 4.79 Å². The van der Waals surface area contributed by atoms with E-state index < -0.39 is 0 Å². The number of ether oxygens (including phenoxy) is 2. The van der Waals surface area contributed by atoms with Gasteiger partial charge < -0.3 is 19.7 Å². The molecular formula is C33H48N2O3S. The minimum atomic E-state index is -0.193. The Labute approximate surface area is 240 Å². The maximum absolute atomic E-state index is 13.2. The topological polar surface area (TPSA) is 50.8 Å². The summed E-state index contributed by atoms with van der Waals surface area (Å²) in [6.07, 6.45) is 15.6. The molecule has 0 atom stereocenters. The number of methoxy groups -OCH3 is 1.